The van der Waals surface area contributed by atoms with Gasteiger partial charge in [-0.05, 0) is 0 Å². The van der Waals surface area contributed by atoms with Crippen LogP contribution >= 0.6 is 0 Å². The number of aliphatic hydroxyl groups excluding tert-OH is 2. The Kier molecular flexibility index (Phi) is 5.24. The molecule has 0 aliphatic carbocycles. The molecule has 0 bridgehead atoms. The average molecular weight is 433 g/mol. The van der Waals surface area contributed by atoms with Gasteiger partial charge in [0.15, 0.2) is 21.0 Å². The largest absolute Gasteiger partial charge is 0.508 e. The summed E-state index contributed by atoms with van der Waals surface area (Å²) in [7, 11) is -1.92. The molecule has 15 heteroatoms. The summed E-state index contributed by atoms with van der Waals surface area (Å²) in [4.78, 5) is 23.0. The Labute approximate surface area is 164 Å². The number of sulfone groups is 1. The van der Waals surface area contributed by atoms with Gasteiger partial charge in [0.2, 0.25) is 11.8 Å². The molecule has 0 saturated carbocycles. The van der Waals surface area contributed by atoms with Crippen LogP contribution in [0.3, 0.4) is 0 Å². The highest BCUT2D eigenvalue weighted by molar-refractivity contribution is 7.91. The van der Waals surface area contributed by atoms with Gasteiger partial charge >= 0.3 is 6.16 Å². The van der Waals surface area contributed by atoms with E-state index in [1.807, 2.05) is 0 Å². The molecule has 4 N–H and O–H groups in total. The highest BCUT2D eigenvalue weighted by Gasteiger charge is 2.63. The summed E-state index contributed by atoms with van der Waals surface area (Å²) in [5, 5.41) is 18.5. The monoisotopic (exact) mass is 433 g/mol. The third-order valence-electron chi connectivity index (χ3n) is 4.37. The molecular formula is C14H19N5O9S. The number of methoxy groups -OCH3 is 2. The number of anilines is 1. The Morgan fingerprint density at radius 3 is 2.66 bits per heavy atom. The van der Waals surface area contributed by atoms with Crippen molar-refractivity contribution in [3.63, 3.8) is 0 Å². The zero-order chi connectivity index (χ0) is 21.6. The number of hydrogen-bond donors (Lipinski definition) is 3. The van der Waals surface area contributed by atoms with Gasteiger partial charge in [-0.15, -0.1) is 0 Å². The van der Waals surface area contributed by atoms with Crippen molar-refractivity contribution in [1.82, 2.24) is 19.5 Å². The molecule has 14 nitrogen and oxygen atoms in total. The Morgan fingerprint density at radius 2 is 2.07 bits per heavy atom. The number of carbonyl (C=O) groups excluding carboxylic acids is 1. The van der Waals surface area contributed by atoms with Gasteiger partial charge in [0.05, 0.1) is 14.2 Å². The number of aromatic nitrogens is 4. The summed E-state index contributed by atoms with van der Waals surface area (Å²) >= 11 is 0. The van der Waals surface area contributed by atoms with E-state index in [-0.39, 0.29) is 23.0 Å². The zero-order valence-corrected chi connectivity index (χ0v) is 16.4. The molecule has 1 fully saturated rings. The van der Waals surface area contributed by atoms with E-state index in [1.165, 1.54) is 7.11 Å². The maximum atomic E-state index is 12.7. The average Bonchev–Trinajstić information content (AvgIpc) is 3.19. The Hall–Kier alpha value is -2.75. The number of ether oxygens (including phenoxy) is 4. The first-order chi connectivity index (χ1) is 13.6. The van der Waals surface area contributed by atoms with Crippen molar-refractivity contribution in [1.29, 1.82) is 0 Å². The van der Waals surface area contributed by atoms with E-state index in [2.05, 4.69) is 19.7 Å². The van der Waals surface area contributed by atoms with Crippen molar-refractivity contribution >= 4 is 33.1 Å². The third kappa shape index (κ3) is 3.21. The number of hydrogen-bond acceptors (Lipinski definition) is 13. The summed E-state index contributed by atoms with van der Waals surface area (Å²) in [6.45, 7) is -0.588. The number of rotatable bonds is 5. The maximum absolute atomic E-state index is 12.7. The second-order valence-corrected chi connectivity index (χ2v) is 8.27. The molecule has 2 aromatic rings. The van der Waals surface area contributed by atoms with Gasteiger partial charge in [-0.25, -0.2) is 18.2 Å². The summed E-state index contributed by atoms with van der Waals surface area (Å²) < 4.78 is 46.1. The van der Waals surface area contributed by atoms with Crippen molar-refractivity contribution in [2.45, 2.75) is 23.4 Å². The summed E-state index contributed by atoms with van der Waals surface area (Å²) in [6.07, 6.45) is -4.40. The smallest absolute Gasteiger partial charge is 0.479 e. The van der Waals surface area contributed by atoms with E-state index in [1.54, 1.807) is 0 Å². The Bertz CT molecular complexity index is 1040. The fourth-order valence-corrected chi connectivity index (χ4v) is 4.43. The fourth-order valence-electron chi connectivity index (χ4n) is 3.06. The standard InChI is InChI=1S/C14H19N5O9S/c1-25-11-7-10(17-12(15)18-11)19(5-16-7)14(29(3,23)24)9(21)8(20)6(28-14)4-27-13(22)26-2/h5-6,8-9,20-21H,4H2,1-3H3,(H2,15,17,18)/t6-,8+,9-,14+/m1/s1. The van der Waals surface area contributed by atoms with Crippen LogP contribution in [0.5, 0.6) is 5.88 Å². The van der Waals surface area contributed by atoms with Crippen molar-refractivity contribution in [3.8, 4) is 5.88 Å². The van der Waals surface area contributed by atoms with Crippen LogP contribution in [0.1, 0.15) is 0 Å². The molecule has 0 aromatic carbocycles. The number of nitrogen functional groups attached to an aromatic ring is 1. The molecule has 4 atom stereocenters. The van der Waals surface area contributed by atoms with Crippen LogP contribution < -0.4 is 10.5 Å². The van der Waals surface area contributed by atoms with Gasteiger partial charge in [0.25, 0.3) is 5.06 Å². The van der Waals surface area contributed by atoms with E-state index in [9.17, 15) is 23.4 Å². The van der Waals surface area contributed by atoms with Crippen LogP contribution in [0.2, 0.25) is 0 Å². The molecule has 0 amide bonds. The highest BCUT2D eigenvalue weighted by atomic mass is 32.2. The molecule has 29 heavy (non-hydrogen) atoms. The van der Waals surface area contributed by atoms with Gasteiger partial charge in [-0.1, -0.05) is 0 Å². The second kappa shape index (κ2) is 7.25. The van der Waals surface area contributed by atoms with Crippen LogP contribution in [-0.4, -0.2) is 89.7 Å². The van der Waals surface area contributed by atoms with Crippen LogP contribution in [0.15, 0.2) is 6.33 Å². The lowest BCUT2D eigenvalue weighted by atomic mass is 10.1. The first kappa shape index (κ1) is 21.0. The molecule has 1 saturated heterocycles. The molecule has 1 aliphatic heterocycles. The van der Waals surface area contributed by atoms with Gasteiger partial charge in [-0.2, -0.15) is 9.97 Å². The molecule has 0 unspecified atom stereocenters. The lowest BCUT2D eigenvalue weighted by molar-refractivity contribution is -0.0880. The minimum Gasteiger partial charge on any atom is -0.479 e. The molecule has 3 rings (SSSR count). The normalized spacial score (nSPS) is 27.1. The molecular weight excluding hydrogens is 414 g/mol. The minimum atomic E-state index is -4.29. The highest BCUT2D eigenvalue weighted by Crippen LogP contribution is 2.42. The van der Waals surface area contributed by atoms with E-state index < -0.39 is 46.0 Å². The summed E-state index contributed by atoms with van der Waals surface area (Å²) in [5.74, 6) is -0.285. The number of aliphatic hydroxyl groups is 2. The Balaban J connectivity index is 2.16. The SMILES string of the molecule is COC(=O)OC[C@H]1O[C@](n2cnc3c(OC)nc(N)nc32)(S(C)(=O)=O)[C@H](O)[C@H]1O. The molecule has 0 radical (unpaired) electrons. The number of carbonyl (C=O) groups is 1. The van der Waals surface area contributed by atoms with E-state index in [0.29, 0.717) is 0 Å². The summed E-state index contributed by atoms with van der Waals surface area (Å²) in [5.41, 5.74) is 5.57. The topological polar surface area (TPSA) is 198 Å². The molecule has 0 spiro atoms. The van der Waals surface area contributed by atoms with Crippen LogP contribution in [0, 0.1) is 0 Å². The van der Waals surface area contributed by atoms with Crippen molar-refractivity contribution in [2.24, 2.45) is 0 Å². The minimum absolute atomic E-state index is 0.0338. The molecule has 160 valence electrons. The lowest BCUT2D eigenvalue weighted by Crippen LogP contribution is -2.51. The quantitative estimate of drug-likeness (QED) is 0.437. The number of nitrogens with zero attached hydrogens (tertiary/aromatic N) is 4. The summed E-state index contributed by atoms with van der Waals surface area (Å²) in [6, 6.07) is 0. The van der Waals surface area contributed by atoms with Gasteiger partial charge in [-0.3, -0.25) is 4.57 Å². The van der Waals surface area contributed by atoms with E-state index in [0.717, 1.165) is 24.3 Å². The second-order valence-electron chi connectivity index (χ2n) is 6.14. The van der Waals surface area contributed by atoms with Crippen LogP contribution in [-0.2, 0) is 29.1 Å². The molecule has 1 aliphatic rings. The van der Waals surface area contributed by atoms with Crippen molar-refractivity contribution < 1.29 is 42.4 Å². The molecule has 2 aromatic heterocycles. The van der Waals surface area contributed by atoms with Gasteiger partial charge in [0, 0.05) is 6.26 Å². The lowest BCUT2D eigenvalue weighted by Gasteiger charge is -2.31. The van der Waals surface area contributed by atoms with E-state index >= 15 is 0 Å². The number of imidazole rings is 1. The van der Waals surface area contributed by atoms with Crippen LogP contribution in [0.4, 0.5) is 10.7 Å². The fraction of sp³-hybridized carbons (Fsp3) is 0.571. The first-order valence-electron chi connectivity index (χ1n) is 8.06. The maximum Gasteiger partial charge on any atom is 0.508 e. The number of fused-ring (bicyclic) bond motifs is 1. The Morgan fingerprint density at radius 1 is 1.38 bits per heavy atom. The molecule has 3 heterocycles. The first-order valence-corrected chi connectivity index (χ1v) is 9.95. The van der Waals surface area contributed by atoms with Crippen LogP contribution in [0.25, 0.3) is 11.2 Å². The third-order valence-corrected chi connectivity index (χ3v) is 5.97. The van der Waals surface area contributed by atoms with E-state index in [4.69, 9.17) is 19.9 Å². The van der Waals surface area contributed by atoms with Crippen molar-refractivity contribution in [3.05, 3.63) is 6.33 Å². The zero-order valence-electron chi connectivity index (χ0n) is 15.5. The van der Waals surface area contributed by atoms with Crippen molar-refractivity contribution in [2.75, 3.05) is 32.8 Å². The van der Waals surface area contributed by atoms with Gasteiger partial charge in [0.1, 0.15) is 31.2 Å². The predicted octanol–water partition coefficient (Wildman–Crippen LogP) is -2.02. The van der Waals surface area contributed by atoms with Gasteiger partial charge < -0.3 is 34.9 Å². The number of nitrogens with two attached hydrogens (primary N) is 1. The predicted molar refractivity (Wildman–Crippen MR) is 94.3 cm³/mol.